The molecule has 0 radical (unpaired) electrons. The summed E-state index contributed by atoms with van der Waals surface area (Å²) in [4.78, 5) is 11.8. The Hall–Kier alpha value is -2.77. The van der Waals surface area contributed by atoms with E-state index in [0.717, 1.165) is 12.1 Å². The van der Waals surface area contributed by atoms with E-state index in [0.29, 0.717) is 17.5 Å². The maximum absolute atomic E-state index is 13.0. The van der Waals surface area contributed by atoms with Crippen LogP contribution in [0.3, 0.4) is 0 Å². The summed E-state index contributed by atoms with van der Waals surface area (Å²) in [5.41, 5.74) is -0.934. The van der Waals surface area contributed by atoms with Crippen LogP contribution in [-0.4, -0.2) is 13.1 Å². The fourth-order valence-electron chi connectivity index (χ4n) is 2.02. The third-order valence-corrected chi connectivity index (χ3v) is 3.14. The molecule has 2 aromatic rings. The number of ether oxygens (including phenoxy) is 1. The van der Waals surface area contributed by atoms with Gasteiger partial charge >= 0.3 is 12.2 Å². The number of alkyl halides is 3. The summed E-state index contributed by atoms with van der Waals surface area (Å²) >= 11 is 0. The number of rotatable bonds is 4. The van der Waals surface area contributed by atoms with E-state index in [1.165, 1.54) is 7.11 Å². The number of urea groups is 1. The highest BCUT2D eigenvalue weighted by atomic mass is 19.4. The van der Waals surface area contributed by atoms with Crippen LogP contribution < -0.4 is 15.4 Å². The van der Waals surface area contributed by atoms with Crippen LogP contribution in [0.1, 0.15) is 11.1 Å². The first-order valence-corrected chi connectivity index (χ1v) is 6.84. The minimum absolute atomic E-state index is 0.232. The summed E-state index contributed by atoms with van der Waals surface area (Å²) in [6, 6.07) is 8.08. The molecular formula is C16H14F4N2O2. The smallest absolute Gasteiger partial charge is 0.416 e. The van der Waals surface area contributed by atoms with Crippen molar-refractivity contribution in [3.8, 4) is 5.75 Å². The number of hydrogen-bond acceptors (Lipinski definition) is 2. The molecule has 0 atom stereocenters. The van der Waals surface area contributed by atoms with Crippen LogP contribution in [0.15, 0.2) is 42.5 Å². The second kappa shape index (κ2) is 7.20. The first kappa shape index (κ1) is 17.6. The van der Waals surface area contributed by atoms with Gasteiger partial charge in [-0.25, -0.2) is 9.18 Å². The minimum Gasteiger partial charge on any atom is -0.497 e. The van der Waals surface area contributed by atoms with E-state index in [9.17, 15) is 22.4 Å². The lowest BCUT2D eigenvalue weighted by Crippen LogP contribution is -2.29. The molecule has 4 nitrogen and oxygen atoms in total. The van der Waals surface area contributed by atoms with Crippen molar-refractivity contribution in [3.05, 3.63) is 59.4 Å². The Morgan fingerprint density at radius 1 is 1.17 bits per heavy atom. The first-order valence-electron chi connectivity index (χ1n) is 6.84. The minimum atomic E-state index is -4.71. The molecule has 0 spiro atoms. The Labute approximate surface area is 135 Å². The lowest BCUT2D eigenvalue weighted by Gasteiger charge is -2.14. The van der Waals surface area contributed by atoms with Crippen LogP contribution >= 0.6 is 0 Å². The molecule has 24 heavy (non-hydrogen) atoms. The van der Waals surface area contributed by atoms with Gasteiger partial charge in [0.2, 0.25) is 0 Å². The number of methoxy groups -OCH3 is 1. The van der Waals surface area contributed by atoms with Crippen LogP contribution in [0, 0.1) is 5.82 Å². The van der Waals surface area contributed by atoms with Crippen molar-refractivity contribution in [2.45, 2.75) is 12.7 Å². The second-order valence-electron chi connectivity index (χ2n) is 4.84. The molecule has 0 aromatic heterocycles. The van der Waals surface area contributed by atoms with Gasteiger partial charge in [-0.05, 0) is 29.8 Å². The number of halogens is 4. The molecule has 0 saturated carbocycles. The number of amides is 2. The molecule has 2 aromatic carbocycles. The molecule has 2 N–H and O–H groups in total. The van der Waals surface area contributed by atoms with Crippen molar-refractivity contribution < 1.29 is 27.1 Å². The van der Waals surface area contributed by atoms with Crippen LogP contribution in [-0.2, 0) is 12.7 Å². The molecule has 0 saturated heterocycles. The summed E-state index contributed by atoms with van der Waals surface area (Å²) in [5.74, 6) is -0.474. The van der Waals surface area contributed by atoms with Crippen molar-refractivity contribution in [1.29, 1.82) is 0 Å². The average molecular weight is 342 g/mol. The molecule has 128 valence electrons. The van der Waals surface area contributed by atoms with Crippen molar-refractivity contribution in [1.82, 2.24) is 5.32 Å². The standard InChI is InChI=1S/C16H14F4N2O2/c1-24-13-4-2-3-12(8-13)22-15(23)21-9-10-5-6-11(17)7-14(10)16(18,19)20/h2-8H,9H2,1H3,(H2,21,22,23). The van der Waals surface area contributed by atoms with Gasteiger partial charge in [0.15, 0.2) is 0 Å². The van der Waals surface area contributed by atoms with Gasteiger partial charge in [0.1, 0.15) is 11.6 Å². The molecule has 2 rings (SSSR count). The van der Waals surface area contributed by atoms with E-state index < -0.39 is 30.1 Å². The third-order valence-electron chi connectivity index (χ3n) is 3.14. The zero-order chi connectivity index (χ0) is 17.7. The van der Waals surface area contributed by atoms with Crippen molar-refractivity contribution in [2.24, 2.45) is 0 Å². The van der Waals surface area contributed by atoms with E-state index in [4.69, 9.17) is 4.74 Å². The lowest BCUT2D eigenvalue weighted by molar-refractivity contribution is -0.138. The van der Waals surface area contributed by atoms with Gasteiger partial charge in [0.05, 0.1) is 12.7 Å². The lowest BCUT2D eigenvalue weighted by atomic mass is 10.1. The quantitative estimate of drug-likeness (QED) is 0.819. The number of carbonyl (C=O) groups is 1. The van der Waals surface area contributed by atoms with Gasteiger partial charge < -0.3 is 15.4 Å². The van der Waals surface area contributed by atoms with Crippen molar-refractivity contribution >= 4 is 11.7 Å². The Morgan fingerprint density at radius 2 is 1.92 bits per heavy atom. The molecule has 0 fully saturated rings. The zero-order valence-corrected chi connectivity index (χ0v) is 12.6. The fourth-order valence-corrected chi connectivity index (χ4v) is 2.02. The van der Waals surface area contributed by atoms with Gasteiger partial charge in [-0.3, -0.25) is 0 Å². The van der Waals surface area contributed by atoms with Gasteiger partial charge in [0, 0.05) is 18.3 Å². The highest BCUT2D eigenvalue weighted by Gasteiger charge is 2.33. The Balaban J connectivity index is 2.04. The summed E-state index contributed by atoms with van der Waals surface area (Å²) in [6.07, 6.45) is -4.71. The second-order valence-corrected chi connectivity index (χ2v) is 4.84. The van der Waals surface area contributed by atoms with Gasteiger partial charge in [-0.2, -0.15) is 13.2 Å². The van der Waals surface area contributed by atoms with Gasteiger partial charge in [-0.15, -0.1) is 0 Å². The summed E-state index contributed by atoms with van der Waals surface area (Å²) in [5, 5.41) is 4.77. The largest absolute Gasteiger partial charge is 0.497 e. The van der Waals surface area contributed by atoms with E-state index in [2.05, 4.69) is 10.6 Å². The molecule has 2 amide bonds. The highest BCUT2D eigenvalue weighted by Crippen LogP contribution is 2.32. The van der Waals surface area contributed by atoms with E-state index >= 15 is 0 Å². The topological polar surface area (TPSA) is 50.4 Å². The third kappa shape index (κ3) is 4.61. The highest BCUT2D eigenvalue weighted by molar-refractivity contribution is 5.89. The number of anilines is 1. The maximum atomic E-state index is 13.0. The molecule has 0 aliphatic rings. The Morgan fingerprint density at radius 3 is 2.58 bits per heavy atom. The van der Waals surface area contributed by atoms with Crippen molar-refractivity contribution in [2.75, 3.05) is 12.4 Å². The fraction of sp³-hybridized carbons (Fsp3) is 0.188. The normalized spacial score (nSPS) is 11.0. The number of nitrogens with one attached hydrogen (secondary N) is 2. The summed E-state index contributed by atoms with van der Waals surface area (Å²) < 4.78 is 56.6. The SMILES string of the molecule is COc1cccc(NC(=O)NCc2ccc(F)cc2C(F)(F)F)c1. The molecule has 0 aliphatic carbocycles. The Bertz CT molecular complexity index is 732. The van der Waals surface area contributed by atoms with Crippen LogP contribution in [0.2, 0.25) is 0 Å². The Kier molecular flexibility index (Phi) is 5.28. The number of benzene rings is 2. The predicted octanol–water partition coefficient (Wildman–Crippen LogP) is 4.17. The number of carbonyl (C=O) groups excluding carboxylic acids is 1. The van der Waals surface area contributed by atoms with Crippen LogP contribution in [0.4, 0.5) is 28.0 Å². The molecular weight excluding hydrogens is 328 g/mol. The molecule has 0 aliphatic heterocycles. The van der Waals surface area contributed by atoms with Gasteiger partial charge in [-0.1, -0.05) is 12.1 Å². The monoisotopic (exact) mass is 342 g/mol. The van der Waals surface area contributed by atoms with Crippen molar-refractivity contribution in [3.63, 3.8) is 0 Å². The van der Waals surface area contributed by atoms with Crippen LogP contribution in [0.5, 0.6) is 5.75 Å². The predicted molar refractivity (Wildman–Crippen MR) is 80.3 cm³/mol. The van der Waals surface area contributed by atoms with E-state index in [-0.39, 0.29) is 5.56 Å². The van der Waals surface area contributed by atoms with E-state index in [1.807, 2.05) is 0 Å². The molecule has 0 bridgehead atoms. The molecule has 0 unspecified atom stereocenters. The zero-order valence-electron chi connectivity index (χ0n) is 12.6. The van der Waals surface area contributed by atoms with E-state index in [1.54, 1.807) is 24.3 Å². The van der Waals surface area contributed by atoms with Crippen LogP contribution in [0.25, 0.3) is 0 Å². The molecule has 8 heteroatoms. The number of hydrogen-bond donors (Lipinski definition) is 2. The first-order chi connectivity index (χ1) is 11.3. The van der Waals surface area contributed by atoms with Gasteiger partial charge in [0.25, 0.3) is 0 Å². The summed E-state index contributed by atoms with van der Waals surface area (Å²) in [6.45, 7) is -0.398. The average Bonchev–Trinajstić information content (AvgIpc) is 2.53. The summed E-state index contributed by atoms with van der Waals surface area (Å²) in [7, 11) is 1.46. The molecule has 0 heterocycles. The maximum Gasteiger partial charge on any atom is 0.416 e.